The van der Waals surface area contributed by atoms with Crippen LogP contribution in [0.4, 0.5) is 0 Å². The fraction of sp³-hybridized carbons (Fsp3) is 0.802. The lowest BCUT2D eigenvalue weighted by atomic mass is 10.0. The normalized spacial score (nSPS) is 14.3. The molecule has 0 fully saturated rings. The van der Waals surface area contributed by atoms with E-state index in [1.54, 1.807) is 0 Å². The van der Waals surface area contributed by atoms with Gasteiger partial charge < -0.3 is 33.8 Å². The average Bonchev–Trinajstić information content (AvgIpc) is 0.935. The first-order valence-corrected chi connectivity index (χ1v) is 43.2. The van der Waals surface area contributed by atoms with Gasteiger partial charge >= 0.3 is 39.5 Å². The number of aliphatic hydroxyl groups excluding tert-OH is 1. The van der Waals surface area contributed by atoms with E-state index in [4.69, 9.17) is 37.0 Å². The minimum Gasteiger partial charge on any atom is -0.462 e. The third-order valence-electron chi connectivity index (χ3n) is 17.2. The van der Waals surface area contributed by atoms with Crippen LogP contribution in [-0.2, 0) is 65.4 Å². The van der Waals surface area contributed by atoms with Crippen molar-refractivity contribution in [1.82, 2.24) is 0 Å². The van der Waals surface area contributed by atoms with E-state index in [9.17, 15) is 43.2 Å². The molecule has 582 valence electrons. The summed E-state index contributed by atoms with van der Waals surface area (Å²) in [4.78, 5) is 72.9. The van der Waals surface area contributed by atoms with Gasteiger partial charge in [-0.2, -0.15) is 0 Å². The molecular formula is C81H146O17P2. The second-order valence-electron chi connectivity index (χ2n) is 27.0. The zero-order valence-corrected chi connectivity index (χ0v) is 65.4. The zero-order chi connectivity index (χ0) is 73.2. The first kappa shape index (κ1) is 96.5. The quantitative estimate of drug-likeness (QED) is 0.0169. The van der Waals surface area contributed by atoms with E-state index in [0.29, 0.717) is 25.7 Å². The summed E-state index contributed by atoms with van der Waals surface area (Å²) in [5.74, 6) is -2.19. The van der Waals surface area contributed by atoms with E-state index in [1.165, 1.54) is 141 Å². The molecule has 3 N–H and O–H groups in total. The molecule has 19 heteroatoms. The number of phosphoric acid groups is 2. The molecule has 0 spiro atoms. The predicted molar refractivity (Wildman–Crippen MR) is 409 cm³/mol. The summed E-state index contributed by atoms with van der Waals surface area (Å²) >= 11 is 0. The highest BCUT2D eigenvalue weighted by atomic mass is 31.2. The molecule has 0 heterocycles. The lowest BCUT2D eigenvalue weighted by Gasteiger charge is -2.21. The SMILES string of the molecule is CC/C=C\C/C=C\C/C=C\C/C=C\C/C=C\CCCCCC(=O)OC[C@H](COP(=O)(O)OC[C@@H](O)COP(=O)(O)OC[C@@H](COC(=O)CCCCCCC/C=C\CCCCCCCC)OC(=O)CCCCCCCCCCCCCCC)OC(=O)CCCCCCCCCCCCCCC. The second-order valence-corrected chi connectivity index (χ2v) is 29.9. The van der Waals surface area contributed by atoms with Crippen molar-refractivity contribution in [1.29, 1.82) is 0 Å². The lowest BCUT2D eigenvalue weighted by Crippen LogP contribution is -2.30. The molecular weight excluding hydrogens is 1310 g/mol. The number of allylic oxidation sites excluding steroid dienone is 12. The molecule has 17 nitrogen and oxygen atoms in total. The Morgan fingerprint density at radius 3 is 0.820 bits per heavy atom. The van der Waals surface area contributed by atoms with Crippen molar-refractivity contribution in [3.63, 3.8) is 0 Å². The van der Waals surface area contributed by atoms with E-state index >= 15 is 0 Å². The fourth-order valence-corrected chi connectivity index (χ4v) is 12.6. The van der Waals surface area contributed by atoms with Crippen LogP contribution in [-0.4, -0.2) is 96.7 Å². The molecule has 0 radical (unpaired) electrons. The van der Waals surface area contributed by atoms with Gasteiger partial charge in [0.25, 0.3) is 0 Å². The molecule has 0 aromatic carbocycles. The number of phosphoric ester groups is 2. The van der Waals surface area contributed by atoms with Crippen molar-refractivity contribution in [2.24, 2.45) is 0 Å². The largest absolute Gasteiger partial charge is 0.472 e. The highest BCUT2D eigenvalue weighted by molar-refractivity contribution is 7.47. The maximum Gasteiger partial charge on any atom is 0.472 e. The predicted octanol–water partition coefficient (Wildman–Crippen LogP) is 23.2. The van der Waals surface area contributed by atoms with Crippen LogP contribution in [0.1, 0.15) is 362 Å². The molecule has 0 rings (SSSR count). The Kier molecular flexibility index (Phi) is 71.2. The molecule has 0 saturated heterocycles. The summed E-state index contributed by atoms with van der Waals surface area (Å²) in [6, 6.07) is 0. The van der Waals surface area contributed by atoms with Gasteiger partial charge in [0.15, 0.2) is 12.2 Å². The van der Waals surface area contributed by atoms with Gasteiger partial charge in [0.05, 0.1) is 26.4 Å². The van der Waals surface area contributed by atoms with Crippen molar-refractivity contribution in [3.05, 3.63) is 72.9 Å². The van der Waals surface area contributed by atoms with E-state index in [-0.39, 0.29) is 25.7 Å². The molecule has 0 aliphatic heterocycles. The van der Waals surface area contributed by atoms with Crippen LogP contribution >= 0.6 is 15.6 Å². The maximum atomic E-state index is 13.1. The number of rotatable bonds is 76. The van der Waals surface area contributed by atoms with Crippen molar-refractivity contribution >= 4 is 39.5 Å². The molecule has 0 aliphatic rings. The number of unbranched alkanes of at least 4 members (excludes halogenated alkanes) is 38. The number of hydrogen-bond donors (Lipinski definition) is 3. The van der Waals surface area contributed by atoms with Crippen molar-refractivity contribution < 1.29 is 80.2 Å². The third-order valence-corrected chi connectivity index (χ3v) is 19.1. The van der Waals surface area contributed by atoms with Crippen molar-refractivity contribution in [2.45, 2.75) is 380 Å². The van der Waals surface area contributed by atoms with E-state index in [2.05, 4.69) is 101 Å². The van der Waals surface area contributed by atoms with E-state index in [0.717, 1.165) is 141 Å². The molecule has 0 amide bonds. The highest BCUT2D eigenvalue weighted by Gasteiger charge is 2.30. The number of carbonyl (C=O) groups excluding carboxylic acids is 4. The van der Waals surface area contributed by atoms with E-state index in [1.807, 2.05) is 0 Å². The molecule has 0 aromatic rings. The maximum absolute atomic E-state index is 13.1. The highest BCUT2D eigenvalue weighted by Crippen LogP contribution is 2.45. The Balaban J connectivity index is 5.33. The van der Waals surface area contributed by atoms with Gasteiger partial charge in [-0.3, -0.25) is 37.3 Å². The van der Waals surface area contributed by atoms with Gasteiger partial charge in [-0.05, 0) is 96.3 Å². The van der Waals surface area contributed by atoms with Gasteiger partial charge in [-0.25, -0.2) is 9.13 Å². The first-order valence-electron chi connectivity index (χ1n) is 40.2. The fourth-order valence-electron chi connectivity index (χ4n) is 11.1. The summed E-state index contributed by atoms with van der Waals surface area (Å²) in [6.07, 6.45) is 74.5. The molecule has 100 heavy (non-hydrogen) atoms. The smallest absolute Gasteiger partial charge is 0.462 e. The van der Waals surface area contributed by atoms with Crippen LogP contribution in [0.5, 0.6) is 0 Å². The van der Waals surface area contributed by atoms with E-state index < -0.39 is 97.5 Å². The summed E-state index contributed by atoms with van der Waals surface area (Å²) in [5, 5.41) is 10.6. The Hall–Kier alpha value is -3.50. The standard InChI is InChI=1S/C81H146O17P2/c1-5-9-13-17-21-25-29-33-35-36-37-38-40-44-46-50-54-58-62-66-79(84)92-72-77(98-81(86)68-64-60-56-52-48-42-32-28-24-20-16-12-8-4)74-96-100(89,90)94-70-75(82)69-93-99(87,88)95-73-76(97-80(85)67-63-59-55-51-47-41-31-27-23-19-15-11-7-3)71-91-78(83)65-61-57-53-49-45-43-39-34-30-26-22-18-14-10-6-2/h9,13,21,25,33-35,37-39,44,46,75-77,82H,5-8,10-12,14-20,22-24,26-32,36,40-43,45,47-74H2,1-4H3,(H,87,88)(H,89,90)/b13-9-,25-21-,35-33-,38-37-,39-34-,46-44-/t75-,76+,77+/m0/s1. The minimum atomic E-state index is -4.98. The van der Waals surface area contributed by atoms with Crippen LogP contribution in [0, 0.1) is 0 Å². The molecule has 5 atom stereocenters. The Bertz CT molecular complexity index is 2180. The second kappa shape index (κ2) is 73.8. The van der Waals surface area contributed by atoms with Gasteiger partial charge in [-0.1, -0.05) is 312 Å². The molecule has 0 saturated carbocycles. The van der Waals surface area contributed by atoms with Crippen LogP contribution in [0.2, 0.25) is 0 Å². The van der Waals surface area contributed by atoms with Gasteiger partial charge in [0.2, 0.25) is 0 Å². The zero-order valence-electron chi connectivity index (χ0n) is 63.6. The van der Waals surface area contributed by atoms with Gasteiger partial charge in [-0.15, -0.1) is 0 Å². The van der Waals surface area contributed by atoms with Crippen LogP contribution in [0.3, 0.4) is 0 Å². The average molecular weight is 1450 g/mol. The van der Waals surface area contributed by atoms with Gasteiger partial charge in [0, 0.05) is 25.7 Å². The third kappa shape index (κ3) is 72.8. The minimum absolute atomic E-state index is 0.0923. The Morgan fingerprint density at radius 2 is 0.520 bits per heavy atom. The summed E-state index contributed by atoms with van der Waals surface area (Å²) < 4.78 is 68.6. The monoisotopic (exact) mass is 1450 g/mol. The number of carbonyl (C=O) groups is 4. The Morgan fingerprint density at radius 1 is 0.290 bits per heavy atom. The molecule has 0 bridgehead atoms. The topological polar surface area (TPSA) is 237 Å². The van der Waals surface area contributed by atoms with Crippen LogP contribution in [0.15, 0.2) is 72.9 Å². The summed E-state index contributed by atoms with van der Waals surface area (Å²) in [7, 11) is -9.95. The first-order chi connectivity index (χ1) is 48.7. The number of aliphatic hydroxyl groups is 1. The van der Waals surface area contributed by atoms with Gasteiger partial charge in [0.1, 0.15) is 19.3 Å². The molecule has 2 unspecified atom stereocenters. The Labute approximate surface area is 609 Å². The van der Waals surface area contributed by atoms with Crippen molar-refractivity contribution in [3.8, 4) is 0 Å². The number of esters is 4. The number of ether oxygens (including phenoxy) is 4. The molecule has 0 aromatic heterocycles. The summed E-state index contributed by atoms with van der Waals surface area (Å²) in [5.41, 5.74) is 0. The number of hydrogen-bond acceptors (Lipinski definition) is 15. The van der Waals surface area contributed by atoms with Crippen LogP contribution in [0.25, 0.3) is 0 Å². The molecule has 0 aliphatic carbocycles. The van der Waals surface area contributed by atoms with Crippen LogP contribution < -0.4 is 0 Å². The van der Waals surface area contributed by atoms with Crippen molar-refractivity contribution in [2.75, 3.05) is 39.6 Å². The lowest BCUT2D eigenvalue weighted by molar-refractivity contribution is -0.161. The summed E-state index contributed by atoms with van der Waals surface area (Å²) in [6.45, 7) is 4.78.